The van der Waals surface area contributed by atoms with Gasteiger partial charge in [-0.05, 0) is 43.7 Å². The first-order valence-electron chi connectivity index (χ1n) is 7.95. The van der Waals surface area contributed by atoms with Crippen LogP contribution in [0.1, 0.15) is 30.5 Å². The van der Waals surface area contributed by atoms with Crippen LogP contribution in [0, 0.1) is 22.7 Å². The maximum Gasteiger partial charge on any atom is 0.261 e. The van der Waals surface area contributed by atoms with E-state index >= 15 is 0 Å². The van der Waals surface area contributed by atoms with Gasteiger partial charge in [0.15, 0.2) is 6.61 Å². The second-order valence-electron chi connectivity index (χ2n) is 5.82. The molecule has 0 aliphatic heterocycles. The maximum atomic E-state index is 12.6. The van der Waals surface area contributed by atoms with Crippen LogP contribution >= 0.6 is 0 Å². The highest BCUT2D eigenvalue weighted by atomic mass is 16.5. The molecule has 2 rings (SSSR count). The molecule has 0 N–H and O–H groups in total. The Balaban J connectivity index is 2.05. The van der Waals surface area contributed by atoms with Crippen LogP contribution in [-0.4, -0.2) is 23.5 Å². The number of ether oxygens (including phenoxy) is 1. The quantitative estimate of drug-likeness (QED) is 0.813. The maximum absolute atomic E-state index is 12.6. The van der Waals surface area contributed by atoms with Crippen LogP contribution in [-0.2, 0) is 11.3 Å². The topological polar surface area (TPSA) is 77.1 Å². The lowest BCUT2D eigenvalue weighted by Gasteiger charge is -2.27. The van der Waals surface area contributed by atoms with Gasteiger partial charge in [0.25, 0.3) is 5.91 Å². The highest BCUT2D eigenvalue weighted by molar-refractivity contribution is 5.78. The number of amides is 1. The van der Waals surface area contributed by atoms with Gasteiger partial charge in [0.05, 0.1) is 17.2 Å². The van der Waals surface area contributed by atoms with Crippen molar-refractivity contribution in [3.05, 3.63) is 65.2 Å². The van der Waals surface area contributed by atoms with E-state index < -0.39 is 0 Å². The van der Waals surface area contributed by atoms with E-state index in [-0.39, 0.29) is 18.6 Å². The van der Waals surface area contributed by atoms with Crippen molar-refractivity contribution in [3.63, 3.8) is 0 Å². The van der Waals surface area contributed by atoms with Crippen LogP contribution in [0.15, 0.2) is 48.5 Å². The van der Waals surface area contributed by atoms with Gasteiger partial charge in [0.1, 0.15) is 11.8 Å². The molecule has 0 unspecified atom stereocenters. The van der Waals surface area contributed by atoms with E-state index in [9.17, 15) is 4.79 Å². The molecule has 0 aromatic heterocycles. The zero-order chi connectivity index (χ0) is 18.2. The van der Waals surface area contributed by atoms with Gasteiger partial charge in [-0.3, -0.25) is 4.79 Å². The Hall–Kier alpha value is -3.31. The Labute approximate surface area is 147 Å². The van der Waals surface area contributed by atoms with Gasteiger partial charge in [0, 0.05) is 12.6 Å². The van der Waals surface area contributed by atoms with Crippen LogP contribution < -0.4 is 4.74 Å². The summed E-state index contributed by atoms with van der Waals surface area (Å²) in [5, 5.41) is 17.9. The summed E-state index contributed by atoms with van der Waals surface area (Å²) in [6.07, 6.45) is 0. The van der Waals surface area contributed by atoms with E-state index in [1.165, 1.54) is 0 Å². The minimum Gasteiger partial charge on any atom is -0.482 e. The van der Waals surface area contributed by atoms with Crippen LogP contribution in [0.5, 0.6) is 5.75 Å². The van der Waals surface area contributed by atoms with Gasteiger partial charge >= 0.3 is 0 Å². The lowest BCUT2D eigenvalue weighted by atomic mass is 10.1. The van der Waals surface area contributed by atoms with Crippen molar-refractivity contribution in [3.8, 4) is 17.9 Å². The lowest BCUT2D eigenvalue weighted by Crippen LogP contribution is -2.39. The number of benzene rings is 2. The number of carbonyl (C=O) groups excluding carboxylic acids is 1. The molecule has 2 aromatic rings. The third-order valence-electron chi connectivity index (χ3n) is 3.74. The zero-order valence-electron chi connectivity index (χ0n) is 14.3. The summed E-state index contributed by atoms with van der Waals surface area (Å²) in [7, 11) is 0. The van der Waals surface area contributed by atoms with Crippen molar-refractivity contribution in [1.82, 2.24) is 4.90 Å². The first-order valence-corrected chi connectivity index (χ1v) is 7.95. The second-order valence-corrected chi connectivity index (χ2v) is 5.82. The first-order chi connectivity index (χ1) is 12.0. The molecule has 0 saturated heterocycles. The summed E-state index contributed by atoms with van der Waals surface area (Å²) in [6, 6.07) is 18.1. The van der Waals surface area contributed by atoms with Crippen LogP contribution in [0.3, 0.4) is 0 Å². The highest BCUT2D eigenvalue weighted by Gasteiger charge is 2.18. The van der Waals surface area contributed by atoms with Crippen LogP contribution in [0.25, 0.3) is 0 Å². The van der Waals surface area contributed by atoms with Gasteiger partial charge in [-0.15, -0.1) is 0 Å². The van der Waals surface area contributed by atoms with Crippen molar-refractivity contribution in [2.75, 3.05) is 6.61 Å². The third-order valence-corrected chi connectivity index (χ3v) is 3.74. The molecule has 0 saturated carbocycles. The SMILES string of the molecule is CC(C)N(Cc1ccc(C#N)cc1)C(=O)COc1ccccc1C#N. The van der Waals surface area contributed by atoms with Crippen molar-refractivity contribution < 1.29 is 9.53 Å². The molecule has 126 valence electrons. The predicted molar refractivity (Wildman–Crippen MR) is 93.5 cm³/mol. The van der Waals surface area contributed by atoms with Gasteiger partial charge in [-0.25, -0.2) is 0 Å². The first kappa shape index (κ1) is 18.0. The molecular formula is C20H19N3O2. The molecule has 0 bridgehead atoms. The number of rotatable bonds is 6. The predicted octanol–water partition coefficient (Wildman–Crippen LogP) is 3.25. The number of hydrogen-bond acceptors (Lipinski definition) is 4. The summed E-state index contributed by atoms with van der Waals surface area (Å²) >= 11 is 0. The smallest absolute Gasteiger partial charge is 0.261 e. The summed E-state index contributed by atoms with van der Waals surface area (Å²) in [4.78, 5) is 14.3. The fourth-order valence-corrected chi connectivity index (χ4v) is 2.35. The Morgan fingerprint density at radius 3 is 2.36 bits per heavy atom. The molecule has 0 atom stereocenters. The van der Waals surface area contributed by atoms with Crippen molar-refractivity contribution in [2.45, 2.75) is 26.4 Å². The van der Waals surface area contributed by atoms with E-state index in [2.05, 4.69) is 6.07 Å². The van der Waals surface area contributed by atoms with Crippen molar-refractivity contribution in [2.24, 2.45) is 0 Å². The molecule has 25 heavy (non-hydrogen) atoms. The van der Waals surface area contributed by atoms with E-state index in [4.69, 9.17) is 15.3 Å². The van der Waals surface area contributed by atoms with Gasteiger partial charge < -0.3 is 9.64 Å². The molecule has 0 fully saturated rings. The number of carbonyl (C=O) groups is 1. The normalized spacial score (nSPS) is 9.96. The molecule has 2 aromatic carbocycles. The third kappa shape index (κ3) is 4.83. The second kappa shape index (κ2) is 8.52. The van der Waals surface area contributed by atoms with E-state index in [0.717, 1.165) is 5.56 Å². The summed E-state index contributed by atoms with van der Waals surface area (Å²) in [6.45, 7) is 4.17. The molecule has 0 spiro atoms. The van der Waals surface area contributed by atoms with Gasteiger partial charge in [0.2, 0.25) is 0 Å². The average molecular weight is 333 g/mol. The fourth-order valence-electron chi connectivity index (χ4n) is 2.35. The molecule has 5 nitrogen and oxygen atoms in total. The molecule has 5 heteroatoms. The fraction of sp³-hybridized carbons (Fsp3) is 0.250. The minimum absolute atomic E-state index is 0.00189. The summed E-state index contributed by atoms with van der Waals surface area (Å²) in [5.74, 6) is 0.243. The zero-order valence-corrected chi connectivity index (χ0v) is 14.3. The van der Waals surface area contributed by atoms with Crippen LogP contribution in [0.2, 0.25) is 0 Å². The van der Waals surface area contributed by atoms with E-state index in [1.54, 1.807) is 41.3 Å². The highest BCUT2D eigenvalue weighted by Crippen LogP contribution is 2.17. The number of nitriles is 2. The van der Waals surface area contributed by atoms with Crippen molar-refractivity contribution >= 4 is 5.91 Å². The Morgan fingerprint density at radius 1 is 1.08 bits per heavy atom. The molecule has 0 aliphatic rings. The number of para-hydroxylation sites is 1. The lowest BCUT2D eigenvalue weighted by molar-refractivity contribution is -0.135. The van der Waals surface area contributed by atoms with E-state index in [0.29, 0.717) is 23.4 Å². The molecule has 1 amide bonds. The van der Waals surface area contributed by atoms with Gasteiger partial charge in [-0.1, -0.05) is 24.3 Å². The standard InChI is InChI=1S/C20H19N3O2/c1-15(2)23(13-17-9-7-16(11-21)8-10-17)20(24)14-25-19-6-4-3-5-18(19)12-22/h3-10,15H,13-14H2,1-2H3. The Kier molecular flexibility index (Phi) is 6.14. The van der Waals surface area contributed by atoms with Crippen molar-refractivity contribution in [1.29, 1.82) is 10.5 Å². The van der Waals surface area contributed by atoms with Gasteiger partial charge in [-0.2, -0.15) is 10.5 Å². The number of hydrogen-bond donors (Lipinski definition) is 0. The molecule has 0 radical (unpaired) electrons. The monoisotopic (exact) mass is 333 g/mol. The molecular weight excluding hydrogens is 314 g/mol. The van der Waals surface area contributed by atoms with Crippen LogP contribution in [0.4, 0.5) is 0 Å². The Morgan fingerprint density at radius 2 is 1.76 bits per heavy atom. The minimum atomic E-state index is -0.160. The van der Waals surface area contributed by atoms with E-state index in [1.807, 2.05) is 32.0 Å². The Bertz CT molecular complexity index is 814. The molecule has 0 aliphatic carbocycles. The molecule has 0 heterocycles. The number of nitrogens with zero attached hydrogens (tertiary/aromatic N) is 3. The average Bonchev–Trinajstić information content (AvgIpc) is 2.64. The summed E-state index contributed by atoms with van der Waals surface area (Å²) in [5.41, 5.74) is 1.93. The largest absolute Gasteiger partial charge is 0.482 e. The summed E-state index contributed by atoms with van der Waals surface area (Å²) < 4.78 is 5.54.